The fourth-order valence-electron chi connectivity index (χ4n) is 2.70. The second-order valence-electron chi connectivity index (χ2n) is 7.45. The summed E-state index contributed by atoms with van der Waals surface area (Å²) < 4.78 is 38.5. The zero-order valence-electron chi connectivity index (χ0n) is 17.5. The first-order valence-electron chi connectivity index (χ1n) is 9.41. The minimum absolute atomic E-state index is 0.169. The number of alkyl halides is 3. The lowest BCUT2D eigenvalue weighted by Gasteiger charge is -2.24. The normalized spacial score (nSPS) is 12.3. The molecule has 0 radical (unpaired) electrons. The number of halogens is 4. The Morgan fingerprint density at radius 2 is 1.71 bits per heavy atom. The highest BCUT2D eigenvalue weighted by molar-refractivity contribution is 6.33. The molecule has 10 heteroatoms. The molecule has 168 valence electrons. The van der Waals surface area contributed by atoms with Crippen LogP contribution < -0.4 is 21.1 Å². The summed E-state index contributed by atoms with van der Waals surface area (Å²) in [6.45, 7) is 3.50. The van der Waals surface area contributed by atoms with Crippen molar-refractivity contribution >= 4 is 34.8 Å². The maximum absolute atomic E-state index is 12.8. The van der Waals surface area contributed by atoms with Gasteiger partial charge >= 0.3 is 6.18 Å². The van der Waals surface area contributed by atoms with E-state index >= 15 is 0 Å². The van der Waals surface area contributed by atoms with Gasteiger partial charge in [0.15, 0.2) is 0 Å². The van der Waals surface area contributed by atoms with Crippen LogP contribution in [-0.4, -0.2) is 32.0 Å². The van der Waals surface area contributed by atoms with E-state index in [1.54, 1.807) is 32.0 Å². The molecule has 0 aliphatic carbocycles. The first-order chi connectivity index (χ1) is 14.4. The molecule has 1 atom stereocenters. The molecule has 0 unspecified atom stereocenters. The minimum atomic E-state index is -4.52. The average Bonchev–Trinajstić information content (AvgIpc) is 2.69. The molecule has 0 saturated heterocycles. The van der Waals surface area contributed by atoms with E-state index in [9.17, 15) is 22.8 Å². The van der Waals surface area contributed by atoms with Crippen LogP contribution in [0.3, 0.4) is 0 Å². The van der Waals surface area contributed by atoms with Crippen LogP contribution in [-0.2, 0) is 11.0 Å². The van der Waals surface area contributed by atoms with Gasteiger partial charge in [0.05, 0.1) is 16.3 Å². The van der Waals surface area contributed by atoms with Crippen LogP contribution in [0.25, 0.3) is 0 Å². The lowest BCUT2D eigenvalue weighted by atomic mass is 10.0. The van der Waals surface area contributed by atoms with Crippen molar-refractivity contribution in [3.05, 3.63) is 58.6 Å². The number of rotatable bonds is 6. The second-order valence-corrected chi connectivity index (χ2v) is 7.85. The van der Waals surface area contributed by atoms with Gasteiger partial charge in [-0.2, -0.15) is 13.2 Å². The third kappa shape index (κ3) is 6.52. The van der Waals surface area contributed by atoms with Crippen molar-refractivity contribution in [3.63, 3.8) is 0 Å². The van der Waals surface area contributed by atoms with Crippen molar-refractivity contribution in [1.82, 2.24) is 10.9 Å². The molecule has 2 amide bonds. The van der Waals surface area contributed by atoms with Crippen LogP contribution in [0.5, 0.6) is 0 Å². The number of nitrogens with zero attached hydrogens (tertiary/aromatic N) is 1. The van der Waals surface area contributed by atoms with Gasteiger partial charge in [-0.15, -0.1) is 0 Å². The van der Waals surface area contributed by atoms with Gasteiger partial charge < -0.3 is 10.2 Å². The van der Waals surface area contributed by atoms with E-state index in [0.29, 0.717) is 5.56 Å². The van der Waals surface area contributed by atoms with Crippen LogP contribution in [0.15, 0.2) is 42.5 Å². The van der Waals surface area contributed by atoms with Gasteiger partial charge in [-0.3, -0.25) is 20.4 Å². The Bertz CT molecular complexity index is 948. The Morgan fingerprint density at radius 1 is 1.03 bits per heavy atom. The van der Waals surface area contributed by atoms with Crippen molar-refractivity contribution in [1.29, 1.82) is 0 Å². The van der Waals surface area contributed by atoms with Crippen LogP contribution in [0, 0.1) is 5.92 Å². The molecule has 0 heterocycles. The van der Waals surface area contributed by atoms with E-state index < -0.39 is 29.6 Å². The molecule has 2 aromatic rings. The van der Waals surface area contributed by atoms with E-state index in [-0.39, 0.29) is 16.6 Å². The lowest BCUT2D eigenvalue weighted by molar-refractivity contribution is -0.137. The topological polar surface area (TPSA) is 73.5 Å². The van der Waals surface area contributed by atoms with E-state index in [1.807, 2.05) is 25.1 Å². The molecule has 31 heavy (non-hydrogen) atoms. The van der Waals surface area contributed by atoms with Gasteiger partial charge in [0, 0.05) is 25.3 Å². The number of hydrazine groups is 1. The van der Waals surface area contributed by atoms with Crippen molar-refractivity contribution in [2.75, 3.05) is 24.3 Å². The second kappa shape index (κ2) is 9.91. The third-order valence-electron chi connectivity index (χ3n) is 4.48. The Labute approximate surface area is 183 Å². The first kappa shape index (κ1) is 24.3. The minimum Gasteiger partial charge on any atom is -0.378 e. The smallest absolute Gasteiger partial charge is 0.378 e. The summed E-state index contributed by atoms with van der Waals surface area (Å²) in [4.78, 5) is 26.8. The summed E-state index contributed by atoms with van der Waals surface area (Å²) >= 11 is 5.97. The number of hydrogen-bond acceptors (Lipinski definition) is 4. The SMILES string of the molecule is CC(C)[C@@H](Nc1ccc(C(F)(F)F)cc1Cl)C(=O)NNC(=O)c1cccc(N(C)C)c1. The molecule has 0 spiro atoms. The molecule has 0 aromatic heterocycles. The van der Waals surface area contributed by atoms with Gasteiger partial charge in [0.25, 0.3) is 11.8 Å². The summed E-state index contributed by atoms with van der Waals surface area (Å²) in [5.41, 5.74) is 5.16. The molecule has 3 N–H and O–H groups in total. The van der Waals surface area contributed by atoms with Crippen molar-refractivity contribution in [2.24, 2.45) is 5.92 Å². The van der Waals surface area contributed by atoms with Crippen LogP contribution in [0.4, 0.5) is 24.5 Å². The zero-order valence-corrected chi connectivity index (χ0v) is 18.2. The summed E-state index contributed by atoms with van der Waals surface area (Å²) in [6, 6.07) is 8.80. The molecule has 0 aliphatic rings. The Morgan fingerprint density at radius 3 is 2.26 bits per heavy atom. The molecular formula is C21H24ClF3N4O2. The summed E-state index contributed by atoms with van der Waals surface area (Å²) in [5.74, 6) is -1.33. The Kier molecular flexibility index (Phi) is 7.78. The predicted octanol–water partition coefficient (Wildman–Crippen LogP) is 4.32. The molecule has 6 nitrogen and oxygen atoms in total. The standard InChI is InChI=1S/C21H24ClF3N4O2/c1-12(2)18(26-17-9-8-14(11-16(17)22)21(23,24)25)20(31)28-27-19(30)13-6-5-7-15(10-13)29(3)4/h5-12,18,26H,1-4H3,(H,27,30)(H,28,31)/t18-/m1/s1. The fraction of sp³-hybridized carbons (Fsp3) is 0.333. The number of anilines is 2. The van der Waals surface area contributed by atoms with Crippen LogP contribution >= 0.6 is 11.6 Å². The molecule has 2 aromatic carbocycles. The number of carbonyl (C=O) groups excluding carboxylic acids is 2. The maximum Gasteiger partial charge on any atom is 0.416 e. The molecule has 0 aliphatic heterocycles. The first-order valence-corrected chi connectivity index (χ1v) is 9.78. The summed E-state index contributed by atoms with van der Waals surface area (Å²) in [7, 11) is 3.67. The van der Waals surface area contributed by atoms with Gasteiger partial charge in [0.2, 0.25) is 0 Å². The Hall–Kier alpha value is -2.94. The largest absolute Gasteiger partial charge is 0.416 e. The van der Waals surface area contributed by atoms with Gasteiger partial charge in [-0.25, -0.2) is 0 Å². The van der Waals surface area contributed by atoms with E-state index in [4.69, 9.17) is 11.6 Å². The Balaban J connectivity index is 2.08. The molecule has 2 rings (SSSR count). The highest BCUT2D eigenvalue weighted by Gasteiger charge is 2.31. The summed E-state index contributed by atoms with van der Waals surface area (Å²) in [5, 5.41) is 2.67. The number of nitrogens with one attached hydrogen (secondary N) is 3. The van der Waals surface area contributed by atoms with E-state index in [2.05, 4.69) is 16.2 Å². The quantitative estimate of drug-likeness (QED) is 0.566. The van der Waals surface area contributed by atoms with E-state index in [0.717, 1.165) is 17.8 Å². The van der Waals surface area contributed by atoms with Crippen LogP contribution in [0.2, 0.25) is 5.02 Å². The molecule has 0 bridgehead atoms. The number of hydrogen-bond donors (Lipinski definition) is 3. The number of amides is 2. The molecule has 0 fully saturated rings. The van der Waals surface area contributed by atoms with Gasteiger partial charge in [-0.05, 0) is 42.3 Å². The average molecular weight is 457 g/mol. The highest BCUT2D eigenvalue weighted by Crippen LogP contribution is 2.34. The van der Waals surface area contributed by atoms with Crippen molar-refractivity contribution in [2.45, 2.75) is 26.1 Å². The number of benzene rings is 2. The van der Waals surface area contributed by atoms with E-state index in [1.165, 1.54) is 6.07 Å². The molecule has 0 saturated carbocycles. The van der Waals surface area contributed by atoms with Crippen LogP contribution in [0.1, 0.15) is 29.8 Å². The number of carbonyl (C=O) groups is 2. The van der Waals surface area contributed by atoms with Gasteiger partial charge in [0.1, 0.15) is 6.04 Å². The predicted molar refractivity (Wildman–Crippen MR) is 115 cm³/mol. The van der Waals surface area contributed by atoms with Crippen molar-refractivity contribution < 1.29 is 22.8 Å². The summed E-state index contributed by atoms with van der Waals surface area (Å²) in [6.07, 6.45) is -4.52. The highest BCUT2D eigenvalue weighted by atomic mass is 35.5. The van der Waals surface area contributed by atoms with Crippen molar-refractivity contribution in [3.8, 4) is 0 Å². The fourth-order valence-corrected chi connectivity index (χ4v) is 2.94. The lowest BCUT2D eigenvalue weighted by Crippen LogP contribution is -2.50. The third-order valence-corrected chi connectivity index (χ3v) is 4.79. The monoisotopic (exact) mass is 456 g/mol. The maximum atomic E-state index is 12.8. The zero-order chi connectivity index (χ0) is 23.3. The molecular weight excluding hydrogens is 433 g/mol. The van der Waals surface area contributed by atoms with Gasteiger partial charge in [-0.1, -0.05) is 31.5 Å².